The number of oxazole rings is 1. The third-order valence-electron chi connectivity index (χ3n) is 4.16. The van der Waals surface area contributed by atoms with E-state index in [2.05, 4.69) is 31.1 Å². The van der Waals surface area contributed by atoms with Crippen LogP contribution in [0.25, 0.3) is 11.1 Å². The molecule has 1 aromatic carbocycles. The summed E-state index contributed by atoms with van der Waals surface area (Å²) in [5, 5.41) is 2.51. The van der Waals surface area contributed by atoms with Crippen molar-refractivity contribution in [3.8, 4) is 5.75 Å². The van der Waals surface area contributed by atoms with Gasteiger partial charge in [0.2, 0.25) is 0 Å². The SMILES string of the molecule is CC(C)(C)CCCc1nc2ccc(OCC(=CF)CNC(=O)OC(C)(C)C)cc2o1. The van der Waals surface area contributed by atoms with Crippen molar-refractivity contribution in [2.24, 2.45) is 5.41 Å². The lowest BCUT2D eigenvalue weighted by atomic mass is 9.90. The molecule has 166 valence electrons. The summed E-state index contributed by atoms with van der Waals surface area (Å²) in [7, 11) is 0. The first-order valence-electron chi connectivity index (χ1n) is 10.2. The third-order valence-corrected chi connectivity index (χ3v) is 4.16. The van der Waals surface area contributed by atoms with Crippen LogP contribution in [0, 0.1) is 5.41 Å². The van der Waals surface area contributed by atoms with Crippen LogP contribution in [0.4, 0.5) is 9.18 Å². The molecule has 0 aliphatic heterocycles. The van der Waals surface area contributed by atoms with Gasteiger partial charge in [-0.15, -0.1) is 0 Å². The molecule has 0 bridgehead atoms. The van der Waals surface area contributed by atoms with Crippen molar-refractivity contribution in [2.75, 3.05) is 13.2 Å². The molecule has 1 amide bonds. The van der Waals surface area contributed by atoms with Crippen molar-refractivity contribution in [2.45, 2.75) is 66.4 Å². The lowest BCUT2D eigenvalue weighted by molar-refractivity contribution is 0.0531. The zero-order valence-electron chi connectivity index (χ0n) is 18.8. The first kappa shape index (κ1) is 23.7. The van der Waals surface area contributed by atoms with Gasteiger partial charge in [0.05, 0.1) is 6.33 Å². The number of nitrogens with zero attached hydrogens (tertiary/aromatic N) is 1. The first-order chi connectivity index (χ1) is 13.9. The Morgan fingerprint density at radius 1 is 1.23 bits per heavy atom. The second kappa shape index (κ2) is 9.96. The van der Waals surface area contributed by atoms with Gasteiger partial charge in [-0.3, -0.25) is 0 Å². The number of amides is 1. The molecule has 0 saturated heterocycles. The van der Waals surface area contributed by atoms with Gasteiger partial charge in [-0.05, 0) is 51.2 Å². The Hall–Kier alpha value is -2.57. The van der Waals surface area contributed by atoms with Crippen molar-refractivity contribution in [3.05, 3.63) is 36.0 Å². The number of hydrogen-bond acceptors (Lipinski definition) is 5. The zero-order chi connectivity index (χ0) is 22.4. The fourth-order valence-electron chi connectivity index (χ4n) is 2.72. The van der Waals surface area contributed by atoms with Crippen molar-refractivity contribution >= 4 is 17.2 Å². The molecule has 6 nitrogen and oxygen atoms in total. The molecule has 1 N–H and O–H groups in total. The van der Waals surface area contributed by atoms with Gasteiger partial charge < -0.3 is 19.2 Å². The van der Waals surface area contributed by atoms with E-state index in [1.807, 2.05) is 6.07 Å². The third kappa shape index (κ3) is 8.43. The summed E-state index contributed by atoms with van der Waals surface area (Å²) < 4.78 is 29.8. The minimum Gasteiger partial charge on any atom is -0.489 e. The number of fused-ring (bicyclic) bond motifs is 1. The van der Waals surface area contributed by atoms with Gasteiger partial charge in [0.15, 0.2) is 11.5 Å². The van der Waals surface area contributed by atoms with Crippen LogP contribution in [0.2, 0.25) is 0 Å². The second-order valence-electron chi connectivity index (χ2n) is 9.56. The van der Waals surface area contributed by atoms with E-state index in [1.165, 1.54) is 0 Å². The molecule has 2 rings (SSSR count). The monoisotopic (exact) mass is 420 g/mol. The van der Waals surface area contributed by atoms with E-state index < -0.39 is 11.7 Å². The van der Waals surface area contributed by atoms with Gasteiger partial charge in [0, 0.05) is 24.6 Å². The molecule has 2 aromatic rings. The number of aromatic nitrogens is 1. The summed E-state index contributed by atoms with van der Waals surface area (Å²) in [6.45, 7) is 11.9. The molecule has 7 heteroatoms. The quantitative estimate of drug-likeness (QED) is 0.571. The summed E-state index contributed by atoms with van der Waals surface area (Å²) in [6, 6.07) is 5.33. The van der Waals surface area contributed by atoms with E-state index in [9.17, 15) is 9.18 Å². The lowest BCUT2D eigenvalue weighted by Crippen LogP contribution is -2.34. The molecule has 0 unspecified atom stereocenters. The Morgan fingerprint density at radius 2 is 1.97 bits per heavy atom. The number of nitrogens with one attached hydrogen (secondary N) is 1. The highest BCUT2D eigenvalue weighted by Crippen LogP contribution is 2.25. The number of carbonyl (C=O) groups is 1. The zero-order valence-corrected chi connectivity index (χ0v) is 18.8. The summed E-state index contributed by atoms with van der Waals surface area (Å²) in [4.78, 5) is 16.2. The van der Waals surface area contributed by atoms with Crippen molar-refractivity contribution in [1.29, 1.82) is 0 Å². The van der Waals surface area contributed by atoms with Gasteiger partial charge in [-0.2, -0.15) is 0 Å². The van der Waals surface area contributed by atoms with Crippen molar-refractivity contribution in [1.82, 2.24) is 10.3 Å². The normalized spacial score (nSPS) is 12.8. The van der Waals surface area contributed by atoms with Crippen LogP contribution in [-0.2, 0) is 11.2 Å². The molecule has 0 fully saturated rings. The summed E-state index contributed by atoms with van der Waals surface area (Å²) >= 11 is 0. The molecular weight excluding hydrogens is 387 g/mol. The van der Waals surface area contributed by atoms with Crippen LogP contribution >= 0.6 is 0 Å². The van der Waals surface area contributed by atoms with Crippen molar-refractivity contribution < 1.29 is 23.1 Å². The average Bonchev–Trinajstić information content (AvgIpc) is 3.01. The molecule has 0 atom stereocenters. The molecule has 0 aliphatic rings. The Balaban J connectivity index is 1.88. The number of halogens is 1. The maximum Gasteiger partial charge on any atom is 0.407 e. The number of carbonyl (C=O) groups excluding carboxylic acids is 1. The number of hydrogen-bond donors (Lipinski definition) is 1. The van der Waals surface area contributed by atoms with Crippen LogP contribution in [0.5, 0.6) is 5.75 Å². The summed E-state index contributed by atoms with van der Waals surface area (Å²) in [6.07, 6.45) is 2.71. The summed E-state index contributed by atoms with van der Waals surface area (Å²) in [5.41, 5.74) is 1.35. The maximum absolute atomic E-state index is 13.1. The highest BCUT2D eigenvalue weighted by atomic mass is 19.1. The fourth-order valence-corrected chi connectivity index (χ4v) is 2.72. The minimum absolute atomic E-state index is 0.00606. The Kier molecular flexibility index (Phi) is 7.87. The maximum atomic E-state index is 13.1. The standard InChI is InChI=1S/C23H33FN2O4/c1-22(2,3)11-7-8-20-26-18-10-9-17(12-19(18)29-20)28-15-16(13-24)14-25-21(27)30-23(4,5)6/h9-10,12-13H,7-8,11,14-15H2,1-6H3,(H,25,27). The largest absolute Gasteiger partial charge is 0.489 e. The number of rotatable bonds is 8. The number of ether oxygens (including phenoxy) is 2. The van der Waals surface area contributed by atoms with Gasteiger partial charge in [-0.1, -0.05) is 20.8 Å². The van der Waals surface area contributed by atoms with Crippen LogP contribution in [0.3, 0.4) is 0 Å². The fraction of sp³-hybridized carbons (Fsp3) is 0.565. The Bertz CT molecular complexity index is 875. The molecule has 30 heavy (non-hydrogen) atoms. The van der Waals surface area contributed by atoms with E-state index >= 15 is 0 Å². The Labute approximate surface area is 177 Å². The smallest absolute Gasteiger partial charge is 0.407 e. The number of alkyl carbamates (subject to hydrolysis) is 1. The highest BCUT2D eigenvalue weighted by molar-refractivity contribution is 5.74. The molecular formula is C23H33FN2O4. The van der Waals surface area contributed by atoms with Gasteiger partial charge in [0.1, 0.15) is 23.5 Å². The average molecular weight is 421 g/mol. The van der Waals surface area contributed by atoms with Gasteiger partial charge in [0.25, 0.3) is 0 Å². The summed E-state index contributed by atoms with van der Waals surface area (Å²) in [5.74, 6) is 1.24. The topological polar surface area (TPSA) is 73.6 Å². The predicted molar refractivity (Wildman–Crippen MR) is 115 cm³/mol. The van der Waals surface area contributed by atoms with Crippen LogP contribution in [0.1, 0.15) is 60.3 Å². The first-order valence-corrected chi connectivity index (χ1v) is 10.2. The molecule has 0 aliphatic carbocycles. The minimum atomic E-state index is -0.613. The molecule has 0 radical (unpaired) electrons. The second-order valence-corrected chi connectivity index (χ2v) is 9.56. The number of aryl methyl sites for hydroxylation is 1. The molecule has 0 spiro atoms. The van der Waals surface area contributed by atoms with E-state index in [1.54, 1.807) is 32.9 Å². The van der Waals surface area contributed by atoms with E-state index in [-0.39, 0.29) is 24.1 Å². The molecule has 1 aromatic heterocycles. The highest BCUT2D eigenvalue weighted by Gasteiger charge is 2.16. The number of benzene rings is 1. The van der Waals surface area contributed by atoms with Gasteiger partial charge >= 0.3 is 6.09 Å². The van der Waals surface area contributed by atoms with E-state index in [0.29, 0.717) is 23.6 Å². The Morgan fingerprint density at radius 3 is 2.60 bits per heavy atom. The lowest BCUT2D eigenvalue weighted by Gasteiger charge is -2.20. The predicted octanol–water partition coefficient (Wildman–Crippen LogP) is 5.95. The van der Waals surface area contributed by atoms with Gasteiger partial charge in [-0.25, -0.2) is 14.2 Å². The van der Waals surface area contributed by atoms with Crippen LogP contribution in [0.15, 0.2) is 34.5 Å². The van der Waals surface area contributed by atoms with E-state index in [4.69, 9.17) is 13.9 Å². The van der Waals surface area contributed by atoms with Crippen LogP contribution < -0.4 is 10.1 Å². The molecule has 0 saturated carbocycles. The molecule has 1 heterocycles. The van der Waals surface area contributed by atoms with E-state index in [0.717, 1.165) is 24.8 Å². The van der Waals surface area contributed by atoms with Crippen molar-refractivity contribution in [3.63, 3.8) is 0 Å². The van der Waals surface area contributed by atoms with Crippen LogP contribution in [-0.4, -0.2) is 29.8 Å².